The van der Waals surface area contributed by atoms with Crippen molar-refractivity contribution >= 4 is 23.2 Å². The Morgan fingerprint density at radius 2 is 1.65 bits per heavy atom. The molecule has 0 fully saturated rings. The van der Waals surface area contributed by atoms with Crippen LogP contribution in [0.15, 0.2) is 53.6 Å². The number of hydrogen-bond acceptors (Lipinski definition) is 3. The largest absolute Gasteiger partial charge is 0.435 e. The number of carbonyl (C=O) groups is 1. The molecule has 0 aromatic heterocycles. The van der Waals surface area contributed by atoms with Gasteiger partial charge in [-0.25, -0.2) is 5.43 Å². The molecule has 0 aliphatic heterocycles. The molecule has 0 aliphatic rings. The zero-order valence-corrected chi connectivity index (χ0v) is 12.8. The number of hydrogen-bond donors (Lipinski definition) is 1. The Morgan fingerprint density at radius 3 is 2.22 bits per heavy atom. The van der Waals surface area contributed by atoms with Crippen LogP contribution in [0, 0.1) is 0 Å². The van der Waals surface area contributed by atoms with E-state index in [0.717, 1.165) is 0 Å². The molecule has 0 saturated carbocycles. The third-order valence-electron chi connectivity index (χ3n) is 2.93. The molecule has 4 nitrogen and oxygen atoms in total. The van der Waals surface area contributed by atoms with E-state index >= 15 is 0 Å². The standard InChI is InChI=1S/C16H13ClF2N2O2/c1-10(11-4-8-14(9-5-11)23-16(18)19)20-21-15(22)12-2-6-13(17)7-3-12/h2-9,16H,1H3,(H,21,22)/b20-10-. The molecule has 0 unspecified atom stereocenters. The summed E-state index contributed by atoms with van der Waals surface area (Å²) in [7, 11) is 0. The fourth-order valence-electron chi connectivity index (χ4n) is 1.74. The van der Waals surface area contributed by atoms with Crippen LogP contribution in [0.4, 0.5) is 8.78 Å². The minimum Gasteiger partial charge on any atom is -0.435 e. The van der Waals surface area contributed by atoms with Crippen LogP contribution in [-0.4, -0.2) is 18.2 Å². The Hall–Kier alpha value is -2.47. The van der Waals surface area contributed by atoms with Crippen LogP contribution in [0.1, 0.15) is 22.8 Å². The molecule has 0 radical (unpaired) electrons. The Bertz CT molecular complexity index is 701. The lowest BCUT2D eigenvalue weighted by atomic mass is 10.1. The van der Waals surface area contributed by atoms with Gasteiger partial charge in [0.05, 0.1) is 5.71 Å². The van der Waals surface area contributed by atoms with E-state index in [-0.39, 0.29) is 11.7 Å². The number of alkyl halides is 2. The number of benzene rings is 2. The summed E-state index contributed by atoms with van der Waals surface area (Å²) in [5.41, 5.74) is 4.03. The van der Waals surface area contributed by atoms with E-state index in [1.165, 1.54) is 12.1 Å². The summed E-state index contributed by atoms with van der Waals surface area (Å²) >= 11 is 5.75. The number of nitrogens with zero attached hydrogens (tertiary/aromatic N) is 1. The van der Waals surface area contributed by atoms with Crippen LogP contribution in [-0.2, 0) is 0 Å². The van der Waals surface area contributed by atoms with Crippen molar-refractivity contribution in [2.75, 3.05) is 0 Å². The maximum atomic E-state index is 12.1. The monoisotopic (exact) mass is 338 g/mol. The van der Waals surface area contributed by atoms with Gasteiger partial charge in [-0.2, -0.15) is 13.9 Å². The van der Waals surface area contributed by atoms with Crippen molar-refractivity contribution < 1.29 is 18.3 Å². The lowest BCUT2D eigenvalue weighted by Crippen LogP contribution is -2.19. The summed E-state index contributed by atoms with van der Waals surface area (Å²) in [5, 5.41) is 4.51. The molecule has 0 atom stereocenters. The minimum absolute atomic E-state index is 0.0572. The molecule has 0 bridgehead atoms. The average molecular weight is 339 g/mol. The van der Waals surface area contributed by atoms with Gasteiger partial charge in [-0.1, -0.05) is 11.6 Å². The number of nitrogens with one attached hydrogen (secondary N) is 1. The van der Waals surface area contributed by atoms with Gasteiger partial charge in [-0.15, -0.1) is 0 Å². The third-order valence-corrected chi connectivity index (χ3v) is 3.18. The van der Waals surface area contributed by atoms with Crippen molar-refractivity contribution in [3.05, 3.63) is 64.7 Å². The smallest absolute Gasteiger partial charge is 0.387 e. The van der Waals surface area contributed by atoms with Crippen molar-refractivity contribution in [3.63, 3.8) is 0 Å². The van der Waals surface area contributed by atoms with E-state index in [9.17, 15) is 13.6 Å². The molecule has 2 rings (SSSR count). The molecule has 23 heavy (non-hydrogen) atoms. The SMILES string of the molecule is C/C(=N/NC(=O)c1ccc(Cl)cc1)c1ccc(OC(F)F)cc1. The van der Waals surface area contributed by atoms with Crippen LogP contribution >= 0.6 is 11.6 Å². The van der Waals surface area contributed by atoms with Gasteiger partial charge >= 0.3 is 6.61 Å². The van der Waals surface area contributed by atoms with E-state index in [4.69, 9.17) is 11.6 Å². The molecule has 7 heteroatoms. The van der Waals surface area contributed by atoms with E-state index in [1.807, 2.05) is 0 Å². The second-order valence-electron chi connectivity index (χ2n) is 4.55. The first kappa shape index (κ1) is 16.9. The molecule has 0 aliphatic carbocycles. The van der Waals surface area contributed by atoms with Crippen LogP contribution in [0.25, 0.3) is 0 Å². The van der Waals surface area contributed by atoms with Crippen LogP contribution < -0.4 is 10.2 Å². The highest BCUT2D eigenvalue weighted by atomic mass is 35.5. The highest BCUT2D eigenvalue weighted by Gasteiger charge is 2.06. The van der Waals surface area contributed by atoms with Crippen LogP contribution in [0.2, 0.25) is 5.02 Å². The number of halogens is 3. The zero-order valence-electron chi connectivity index (χ0n) is 12.1. The molecule has 2 aromatic rings. The van der Waals surface area contributed by atoms with Gasteiger partial charge in [0.1, 0.15) is 5.75 Å². The highest BCUT2D eigenvalue weighted by molar-refractivity contribution is 6.30. The molecular formula is C16H13ClF2N2O2. The third kappa shape index (κ3) is 5.03. The Balaban J connectivity index is 2.01. The van der Waals surface area contributed by atoms with Gasteiger partial charge in [0.15, 0.2) is 0 Å². The van der Waals surface area contributed by atoms with Crippen molar-refractivity contribution in [1.29, 1.82) is 0 Å². The molecular weight excluding hydrogens is 326 g/mol. The Labute approximate surface area is 136 Å². The second kappa shape index (κ2) is 7.69. The van der Waals surface area contributed by atoms with Crippen molar-refractivity contribution in [1.82, 2.24) is 5.43 Å². The fourth-order valence-corrected chi connectivity index (χ4v) is 1.87. The normalized spacial score (nSPS) is 11.4. The van der Waals surface area contributed by atoms with Gasteiger partial charge in [0.25, 0.3) is 5.91 Å². The predicted octanol–water partition coefficient (Wildman–Crippen LogP) is 4.10. The topological polar surface area (TPSA) is 50.7 Å². The first-order valence-corrected chi connectivity index (χ1v) is 6.99. The second-order valence-corrected chi connectivity index (χ2v) is 4.98. The summed E-state index contributed by atoms with van der Waals surface area (Å²) in [5.74, 6) is -0.319. The molecule has 1 amide bonds. The summed E-state index contributed by atoms with van der Waals surface area (Å²) < 4.78 is 28.4. The maximum absolute atomic E-state index is 12.1. The predicted molar refractivity (Wildman–Crippen MR) is 84.2 cm³/mol. The quantitative estimate of drug-likeness (QED) is 0.659. The minimum atomic E-state index is -2.87. The van der Waals surface area contributed by atoms with Crippen molar-refractivity contribution in [2.24, 2.45) is 5.10 Å². The van der Waals surface area contributed by atoms with Gasteiger partial charge < -0.3 is 4.74 Å². The molecule has 0 heterocycles. The van der Waals surface area contributed by atoms with Crippen LogP contribution in [0.3, 0.4) is 0 Å². The highest BCUT2D eigenvalue weighted by Crippen LogP contribution is 2.15. The first-order valence-electron chi connectivity index (χ1n) is 6.61. The number of carbonyl (C=O) groups excluding carboxylic acids is 1. The summed E-state index contributed by atoms with van der Waals surface area (Å²) in [4.78, 5) is 11.9. The lowest BCUT2D eigenvalue weighted by Gasteiger charge is -2.06. The summed E-state index contributed by atoms with van der Waals surface area (Å²) in [6.07, 6.45) is 0. The molecule has 1 N–H and O–H groups in total. The average Bonchev–Trinajstić information content (AvgIpc) is 2.53. The zero-order chi connectivity index (χ0) is 16.8. The van der Waals surface area contributed by atoms with E-state index in [0.29, 0.717) is 21.9 Å². The van der Waals surface area contributed by atoms with Gasteiger partial charge in [-0.05, 0) is 61.0 Å². The number of amides is 1. The van der Waals surface area contributed by atoms with Gasteiger partial charge in [-0.3, -0.25) is 4.79 Å². The van der Waals surface area contributed by atoms with E-state index in [2.05, 4.69) is 15.3 Å². The van der Waals surface area contributed by atoms with Gasteiger partial charge in [0, 0.05) is 10.6 Å². The van der Waals surface area contributed by atoms with Crippen molar-refractivity contribution in [3.8, 4) is 5.75 Å². The fraction of sp³-hybridized carbons (Fsp3) is 0.125. The number of ether oxygens (including phenoxy) is 1. The molecule has 0 spiro atoms. The lowest BCUT2D eigenvalue weighted by molar-refractivity contribution is -0.0498. The summed E-state index contributed by atoms with van der Waals surface area (Å²) in [6, 6.07) is 12.3. The van der Waals surface area contributed by atoms with E-state index < -0.39 is 6.61 Å². The number of hydrazone groups is 1. The Kier molecular flexibility index (Phi) is 5.65. The summed E-state index contributed by atoms with van der Waals surface area (Å²) in [6.45, 7) is -1.18. The molecule has 2 aromatic carbocycles. The van der Waals surface area contributed by atoms with Crippen LogP contribution in [0.5, 0.6) is 5.75 Å². The Morgan fingerprint density at radius 1 is 1.09 bits per heavy atom. The maximum Gasteiger partial charge on any atom is 0.387 e. The van der Waals surface area contributed by atoms with Crippen molar-refractivity contribution in [2.45, 2.75) is 13.5 Å². The number of rotatable bonds is 5. The molecule has 120 valence electrons. The van der Waals surface area contributed by atoms with E-state index in [1.54, 1.807) is 43.3 Å². The first-order chi connectivity index (χ1) is 11.0. The molecule has 0 saturated heterocycles. The van der Waals surface area contributed by atoms with Gasteiger partial charge in [0.2, 0.25) is 0 Å².